The highest BCUT2D eigenvalue weighted by Crippen LogP contribution is 2.35. The monoisotopic (exact) mass is 446 g/mol. The maximum Gasteiger partial charge on any atom is 0.240 e. The lowest BCUT2D eigenvalue weighted by atomic mass is 10.1. The maximum absolute atomic E-state index is 12.7. The Hall–Kier alpha value is -3.65. The number of methoxy groups -OCH3 is 1. The van der Waals surface area contributed by atoms with Gasteiger partial charge in [0.15, 0.2) is 11.5 Å². The first-order chi connectivity index (χ1) is 16.2. The van der Waals surface area contributed by atoms with Crippen LogP contribution in [0, 0.1) is 0 Å². The van der Waals surface area contributed by atoms with Crippen LogP contribution in [0.25, 0.3) is 22.5 Å². The number of aromatic nitrogens is 2. The fraction of sp³-hybridized carbons (Fsp3) is 0.320. The number of hydrogen-bond acceptors (Lipinski definition) is 7. The molecule has 0 saturated carbocycles. The number of likely N-dealkylation sites (tertiary alicyclic amines) is 1. The van der Waals surface area contributed by atoms with E-state index in [1.54, 1.807) is 7.11 Å². The zero-order chi connectivity index (χ0) is 22.6. The van der Waals surface area contributed by atoms with Crippen LogP contribution in [0.3, 0.4) is 0 Å². The van der Waals surface area contributed by atoms with Crippen LogP contribution in [0.1, 0.15) is 12.8 Å². The molecule has 3 aromatic rings. The first-order valence-corrected chi connectivity index (χ1v) is 11.1. The number of ether oxygens (including phenoxy) is 3. The molecule has 1 N–H and O–H groups in total. The van der Waals surface area contributed by atoms with Crippen molar-refractivity contribution < 1.29 is 19.0 Å². The van der Waals surface area contributed by atoms with Crippen molar-refractivity contribution in [3.8, 4) is 39.8 Å². The molecule has 3 heterocycles. The van der Waals surface area contributed by atoms with Crippen LogP contribution in [0.4, 0.5) is 5.95 Å². The van der Waals surface area contributed by atoms with Crippen molar-refractivity contribution in [1.29, 1.82) is 0 Å². The minimum Gasteiger partial charge on any atom is -0.497 e. The molecule has 1 aromatic heterocycles. The van der Waals surface area contributed by atoms with Gasteiger partial charge >= 0.3 is 0 Å². The van der Waals surface area contributed by atoms with Crippen LogP contribution in [-0.4, -0.2) is 60.7 Å². The normalized spacial score (nSPS) is 15.3. The summed E-state index contributed by atoms with van der Waals surface area (Å²) in [5.74, 6) is 2.32. The number of anilines is 1. The maximum atomic E-state index is 12.7. The molecule has 0 radical (unpaired) electrons. The van der Waals surface area contributed by atoms with Crippen LogP contribution in [0.2, 0.25) is 0 Å². The molecule has 0 unspecified atom stereocenters. The lowest BCUT2D eigenvalue weighted by molar-refractivity contribution is -0.117. The second-order valence-electron chi connectivity index (χ2n) is 8.08. The van der Waals surface area contributed by atoms with Gasteiger partial charge in [-0.1, -0.05) is 0 Å². The number of hydrogen-bond donors (Lipinski definition) is 1. The number of carbonyl (C=O) groups excluding carboxylic acids is 1. The molecule has 170 valence electrons. The highest BCUT2D eigenvalue weighted by molar-refractivity contribution is 5.91. The molecule has 1 fully saturated rings. The van der Waals surface area contributed by atoms with E-state index in [1.807, 2.05) is 48.5 Å². The number of nitrogens with one attached hydrogen (secondary N) is 1. The smallest absolute Gasteiger partial charge is 0.240 e. The molecule has 33 heavy (non-hydrogen) atoms. The first kappa shape index (κ1) is 21.2. The van der Waals surface area contributed by atoms with Gasteiger partial charge in [0, 0.05) is 11.1 Å². The molecule has 8 nitrogen and oxygen atoms in total. The fourth-order valence-corrected chi connectivity index (χ4v) is 4.07. The van der Waals surface area contributed by atoms with Crippen molar-refractivity contribution in [2.24, 2.45) is 0 Å². The van der Waals surface area contributed by atoms with Gasteiger partial charge in [-0.2, -0.15) is 0 Å². The zero-order valence-corrected chi connectivity index (χ0v) is 18.5. The summed E-state index contributed by atoms with van der Waals surface area (Å²) >= 11 is 0. The number of fused-ring (bicyclic) bond motifs is 1. The third-order valence-electron chi connectivity index (χ3n) is 5.77. The van der Waals surface area contributed by atoms with Gasteiger partial charge in [0.2, 0.25) is 11.9 Å². The minimum atomic E-state index is -0.114. The van der Waals surface area contributed by atoms with Gasteiger partial charge in [-0.05, 0) is 74.5 Å². The topological polar surface area (TPSA) is 85.8 Å². The Morgan fingerprint density at radius 2 is 1.61 bits per heavy atom. The van der Waals surface area contributed by atoms with Crippen molar-refractivity contribution in [3.05, 3.63) is 48.5 Å². The third-order valence-corrected chi connectivity index (χ3v) is 5.77. The van der Waals surface area contributed by atoms with Gasteiger partial charge < -0.3 is 14.2 Å². The SMILES string of the molecule is COc1ccc(-c2cc(-c3ccc4c(c3)OCCO4)nc(NC(=O)CN3CCCC3)n2)cc1. The van der Waals surface area contributed by atoms with Crippen molar-refractivity contribution in [2.75, 3.05) is 45.3 Å². The van der Waals surface area contributed by atoms with Gasteiger partial charge in [-0.25, -0.2) is 9.97 Å². The Morgan fingerprint density at radius 3 is 2.33 bits per heavy atom. The van der Waals surface area contributed by atoms with E-state index in [1.165, 1.54) is 0 Å². The quantitative estimate of drug-likeness (QED) is 0.619. The Morgan fingerprint density at radius 1 is 0.939 bits per heavy atom. The summed E-state index contributed by atoms with van der Waals surface area (Å²) in [5.41, 5.74) is 3.14. The molecular weight excluding hydrogens is 420 g/mol. The molecule has 0 aliphatic carbocycles. The van der Waals surface area contributed by atoms with Crippen LogP contribution >= 0.6 is 0 Å². The predicted molar refractivity (Wildman–Crippen MR) is 125 cm³/mol. The molecular formula is C25H26N4O4. The van der Waals surface area contributed by atoms with E-state index >= 15 is 0 Å². The van der Waals surface area contributed by atoms with Crippen molar-refractivity contribution in [1.82, 2.24) is 14.9 Å². The van der Waals surface area contributed by atoms with E-state index in [2.05, 4.69) is 20.2 Å². The number of amides is 1. The molecule has 1 amide bonds. The summed E-state index contributed by atoms with van der Waals surface area (Å²) in [6.45, 7) is 3.28. The average molecular weight is 447 g/mol. The van der Waals surface area contributed by atoms with Gasteiger partial charge in [-0.3, -0.25) is 15.0 Å². The van der Waals surface area contributed by atoms with Gasteiger partial charge in [0.05, 0.1) is 25.0 Å². The second-order valence-corrected chi connectivity index (χ2v) is 8.08. The van der Waals surface area contributed by atoms with Crippen LogP contribution < -0.4 is 19.5 Å². The minimum absolute atomic E-state index is 0.114. The molecule has 8 heteroatoms. The van der Waals surface area contributed by atoms with Crippen LogP contribution in [-0.2, 0) is 4.79 Å². The van der Waals surface area contributed by atoms with Crippen molar-refractivity contribution >= 4 is 11.9 Å². The Labute approximate surface area is 192 Å². The van der Waals surface area contributed by atoms with Crippen LogP contribution in [0.15, 0.2) is 48.5 Å². The van der Waals surface area contributed by atoms with E-state index in [4.69, 9.17) is 14.2 Å². The van der Waals surface area contributed by atoms with Gasteiger partial charge in [0.25, 0.3) is 0 Å². The number of benzene rings is 2. The highest BCUT2D eigenvalue weighted by atomic mass is 16.6. The third kappa shape index (κ3) is 4.90. The molecule has 1 saturated heterocycles. The molecule has 2 aliphatic rings. The lowest BCUT2D eigenvalue weighted by Gasteiger charge is -2.19. The summed E-state index contributed by atoms with van der Waals surface area (Å²) in [4.78, 5) is 24.1. The van der Waals surface area contributed by atoms with E-state index < -0.39 is 0 Å². The number of nitrogens with zero attached hydrogens (tertiary/aromatic N) is 3. The first-order valence-electron chi connectivity index (χ1n) is 11.1. The fourth-order valence-electron chi connectivity index (χ4n) is 4.07. The molecule has 0 spiro atoms. The Balaban J connectivity index is 1.48. The van der Waals surface area contributed by atoms with E-state index in [9.17, 15) is 4.79 Å². The second kappa shape index (κ2) is 9.46. The standard InChI is InChI=1S/C25H26N4O4/c1-31-19-7-4-17(5-8-19)20-15-21(18-6-9-22-23(14-18)33-13-12-32-22)27-25(26-20)28-24(30)16-29-10-2-3-11-29/h4-9,14-15H,2-3,10-13,16H2,1H3,(H,26,27,28,30). The van der Waals surface area contributed by atoms with E-state index in [-0.39, 0.29) is 11.9 Å². The molecule has 0 atom stereocenters. The van der Waals surface area contributed by atoms with Crippen LogP contribution in [0.5, 0.6) is 17.2 Å². The molecule has 2 aliphatic heterocycles. The number of rotatable bonds is 6. The average Bonchev–Trinajstić information content (AvgIpc) is 3.36. The van der Waals surface area contributed by atoms with Gasteiger partial charge in [0.1, 0.15) is 19.0 Å². The Bertz CT molecular complexity index is 1140. The largest absolute Gasteiger partial charge is 0.497 e. The van der Waals surface area contributed by atoms with E-state index in [0.29, 0.717) is 42.6 Å². The van der Waals surface area contributed by atoms with Crippen molar-refractivity contribution in [2.45, 2.75) is 12.8 Å². The molecule has 0 bridgehead atoms. The summed E-state index contributed by atoms with van der Waals surface area (Å²) in [7, 11) is 1.63. The summed E-state index contributed by atoms with van der Waals surface area (Å²) in [5, 5.41) is 2.89. The molecule has 2 aromatic carbocycles. The van der Waals surface area contributed by atoms with Gasteiger partial charge in [-0.15, -0.1) is 0 Å². The highest BCUT2D eigenvalue weighted by Gasteiger charge is 2.18. The molecule has 5 rings (SSSR count). The predicted octanol–water partition coefficient (Wildman–Crippen LogP) is 3.62. The van der Waals surface area contributed by atoms with Crippen molar-refractivity contribution in [3.63, 3.8) is 0 Å². The lowest BCUT2D eigenvalue weighted by Crippen LogP contribution is -2.31. The van der Waals surface area contributed by atoms with E-state index in [0.717, 1.165) is 42.8 Å². The Kier molecular flexibility index (Phi) is 6.08. The summed E-state index contributed by atoms with van der Waals surface area (Å²) < 4.78 is 16.6. The summed E-state index contributed by atoms with van der Waals surface area (Å²) in [6, 6.07) is 15.3. The zero-order valence-electron chi connectivity index (χ0n) is 18.5. The summed E-state index contributed by atoms with van der Waals surface area (Å²) in [6.07, 6.45) is 2.26. The number of carbonyl (C=O) groups is 1.